The van der Waals surface area contributed by atoms with Crippen LogP contribution in [0.4, 0.5) is 0 Å². The Balaban J connectivity index is 0.000000196. The predicted octanol–water partition coefficient (Wildman–Crippen LogP) is 10.6. The molecule has 344 valence electrons. The number of rotatable bonds is 6. The average Bonchev–Trinajstić information content (AvgIpc) is 3.29. The Hall–Kier alpha value is -5.88. The lowest BCUT2D eigenvalue weighted by molar-refractivity contribution is 0.0546. The Bertz CT molecular complexity index is 2670. The first-order chi connectivity index (χ1) is 31.3. The van der Waals surface area contributed by atoms with E-state index in [1.54, 1.807) is 54.0 Å². The van der Waals surface area contributed by atoms with Crippen LogP contribution in [0.3, 0.4) is 0 Å². The van der Waals surface area contributed by atoms with Gasteiger partial charge in [-0.05, 0) is 103 Å². The van der Waals surface area contributed by atoms with Crippen molar-refractivity contribution in [3.63, 3.8) is 0 Å². The third-order valence-corrected chi connectivity index (χ3v) is 13.0. The van der Waals surface area contributed by atoms with Crippen molar-refractivity contribution in [2.75, 3.05) is 26.2 Å². The van der Waals surface area contributed by atoms with Crippen LogP contribution in [0.5, 0.6) is 0 Å². The first kappa shape index (κ1) is 48.1. The molecule has 2 aliphatic rings. The normalized spacial score (nSPS) is 15.0. The zero-order valence-corrected chi connectivity index (χ0v) is 40.2. The fourth-order valence-electron chi connectivity index (χ4n) is 8.13. The molecule has 3 N–H and O–H groups in total. The second-order valence-corrected chi connectivity index (χ2v) is 20.3. The molecule has 0 bridgehead atoms. The van der Waals surface area contributed by atoms with Gasteiger partial charge in [0.05, 0.1) is 6.10 Å². The highest BCUT2D eigenvalue weighted by molar-refractivity contribution is 6.34. The zero-order valence-electron chi connectivity index (χ0n) is 38.7. The van der Waals surface area contributed by atoms with Crippen LogP contribution in [-0.4, -0.2) is 78.9 Å². The van der Waals surface area contributed by atoms with Gasteiger partial charge in [0.15, 0.2) is 0 Å². The first-order valence-electron chi connectivity index (χ1n) is 22.5. The molecule has 2 fully saturated rings. The van der Waals surface area contributed by atoms with Gasteiger partial charge in [0.2, 0.25) is 0 Å². The Kier molecular flexibility index (Phi) is 14.5. The van der Waals surface area contributed by atoms with Crippen molar-refractivity contribution in [1.29, 1.82) is 0 Å². The van der Waals surface area contributed by atoms with Gasteiger partial charge in [0, 0.05) is 128 Å². The lowest BCUT2D eigenvalue weighted by atomic mass is 9.90. The number of nitrogens with zero attached hydrogens (tertiary/aromatic N) is 4. The van der Waals surface area contributed by atoms with Crippen LogP contribution < -0.4 is 11.1 Å². The van der Waals surface area contributed by atoms with Gasteiger partial charge in [-0.25, -0.2) is 0 Å². The maximum Gasteiger partial charge on any atom is 0.255 e. The molecule has 4 aromatic heterocycles. The topological polar surface area (TPSA) is 152 Å². The van der Waals surface area contributed by atoms with Gasteiger partial charge >= 0.3 is 0 Å². The smallest absolute Gasteiger partial charge is 0.255 e. The Morgan fingerprint density at radius 1 is 0.576 bits per heavy atom. The summed E-state index contributed by atoms with van der Waals surface area (Å²) in [5, 5.41) is 10.6. The number of carbonyl (C=O) groups is 2. The van der Waals surface area contributed by atoms with Crippen molar-refractivity contribution in [3.05, 3.63) is 151 Å². The van der Waals surface area contributed by atoms with Crippen LogP contribution >= 0.6 is 23.2 Å². The van der Waals surface area contributed by atoms with Crippen LogP contribution in [0.1, 0.15) is 106 Å². The number of benzene rings is 2. The van der Waals surface area contributed by atoms with Crippen molar-refractivity contribution in [1.82, 2.24) is 29.7 Å². The van der Waals surface area contributed by atoms with E-state index in [9.17, 15) is 24.3 Å². The molecule has 2 amide bonds. The van der Waals surface area contributed by atoms with Crippen molar-refractivity contribution in [2.24, 2.45) is 5.92 Å². The molecule has 6 aromatic rings. The van der Waals surface area contributed by atoms with Gasteiger partial charge < -0.3 is 24.9 Å². The molecule has 0 unspecified atom stereocenters. The number of aliphatic hydroxyl groups excluding tert-OH is 1. The lowest BCUT2D eigenvalue weighted by Gasteiger charge is -2.30. The molecular weight excluding hydrogens is 872 g/mol. The van der Waals surface area contributed by atoms with E-state index in [0.29, 0.717) is 64.1 Å². The van der Waals surface area contributed by atoms with Crippen molar-refractivity contribution >= 4 is 35.0 Å². The Labute approximate surface area is 396 Å². The summed E-state index contributed by atoms with van der Waals surface area (Å²) in [5.74, 6) is 0.585. The number of aromatic nitrogens is 4. The molecule has 66 heavy (non-hydrogen) atoms. The summed E-state index contributed by atoms with van der Waals surface area (Å²) < 4.78 is 0. The Morgan fingerprint density at radius 3 is 1.35 bits per heavy atom. The molecule has 2 saturated heterocycles. The highest BCUT2D eigenvalue weighted by Gasteiger charge is 2.25. The average molecular weight is 930 g/mol. The third kappa shape index (κ3) is 11.2. The van der Waals surface area contributed by atoms with Gasteiger partial charge in [0.25, 0.3) is 22.9 Å². The van der Waals surface area contributed by atoms with Crippen LogP contribution in [0.25, 0.3) is 44.5 Å². The zero-order chi connectivity index (χ0) is 47.5. The summed E-state index contributed by atoms with van der Waals surface area (Å²) in [6.45, 7) is 17.4. The monoisotopic (exact) mass is 928 g/mol. The number of amides is 2. The van der Waals surface area contributed by atoms with E-state index in [1.807, 2.05) is 53.4 Å². The van der Waals surface area contributed by atoms with Gasteiger partial charge in [-0.1, -0.05) is 83.8 Å². The summed E-state index contributed by atoms with van der Waals surface area (Å²) in [7, 11) is 0. The minimum Gasteiger partial charge on any atom is -0.393 e. The van der Waals surface area contributed by atoms with E-state index >= 15 is 0 Å². The van der Waals surface area contributed by atoms with E-state index < -0.39 is 0 Å². The minimum atomic E-state index is -0.339. The number of halogens is 2. The van der Waals surface area contributed by atoms with E-state index in [1.165, 1.54) is 0 Å². The largest absolute Gasteiger partial charge is 0.393 e. The molecule has 0 spiro atoms. The molecule has 8 rings (SSSR count). The molecule has 0 atom stereocenters. The number of aromatic amines is 2. The lowest BCUT2D eigenvalue weighted by Crippen LogP contribution is -2.40. The number of piperidine rings is 2. The van der Waals surface area contributed by atoms with Gasteiger partial charge in [-0.2, -0.15) is 0 Å². The number of likely N-dealkylation sites (tertiary alicyclic amines) is 2. The molecule has 0 radical (unpaired) electrons. The SMILES string of the molecule is CC(C)(C)c1cc(-c2cc(-c3ccc(C(=O)N4CCC(O)CC4)cc3Cl)c[nH]c2=O)ccn1.CC1CCN(C(=O)c2ccc(-c3c[nH]c(=O)c(-c4ccnc(C(C)(C)C)c4)c3)c(Cl)c2)CC1. The Morgan fingerprint density at radius 2 is 0.970 bits per heavy atom. The molecule has 0 saturated carbocycles. The third-order valence-electron chi connectivity index (χ3n) is 12.4. The number of aliphatic hydroxyl groups is 1. The highest BCUT2D eigenvalue weighted by atomic mass is 35.5. The van der Waals surface area contributed by atoms with Gasteiger partial charge in [-0.15, -0.1) is 0 Å². The highest BCUT2D eigenvalue weighted by Crippen LogP contribution is 2.34. The minimum absolute atomic E-state index is 0.0176. The molecule has 13 heteroatoms. The van der Waals surface area contributed by atoms with Crippen LogP contribution in [0.15, 0.2) is 107 Å². The molecular formula is C53H58Cl2N6O5. The molecule has 11 nitrogen and oxygen atoms in total. The van der Waals surface area contributed by atoms with Crippen LogP contribution in [0.2, 0.25) is 10.0 Å². The second kappa shape index (κ2) is 19.9. The van der Waals surface area contributed by atoms with E-state index in [2.05, 4.69) is 68.4 Å². The standard InChI is InChI=1S/C27H30ClN3O2.C26H28ClN3O3/c1-17-8-11-31(12-9-17)26(33)19-5-6-21(23(28)14-19)20-13-22(25(32)30-16-20)18-7-10-29-24(15-18)27(2,3)4;1-26(2,3)23-14-16(6-9-28-23)21-12-18(15-29-24(21)32)20-5-4-17(13-22(20)27)25(33)30-10-7-19(31)8-11-30/h5-7,10,13-17H,8-9,11-12H2,1-4H3,(H,30,32);4-6,9,12-15,19,31H,7-8,10-11H2,1-3H3,(H,29,32). The fourth-order valence-corrected chi connectivity index (χ4v) is 8.71. The molecule has 2 aromatic carbocycles. The quantitative estimate of drug-likeness (QED) is 0.150. The first-order valence-corrected chi connectivity index (χ1v) is 23.3. The summed E-state index contributed by atoms with van der Waals surface area (Å²) in [6, 6.07) is 21.8. The maximum atomic E-state index is 12.9. The second-order valence-electron chi connectivity index (χ2n) is 19.5. The predicted molar refractivity (Wildman–Crippen MR) is 264 cm³/mol. The van der Waals surface area contributed by atoms with Crippen molar-refractivity contribution in [3.8, 4) is 44.5 Å². The number of carbonyl (C=O) groups excluding carboxylic acids is 2. The summed E-state index contributed by atoms with van der Waals surface area (Å²) >= 11 is 13.2. The van der Waals surface area contributed by atoms with Crippen molar-refractivity contribution in [2.45, 2.75) is 91.1 Å². The number of hydrogen-bond acceptors (Lipinski definition) is 7. The molecule has 2 aliphatic heterocycles. The molecule has 6 heterocycles. The number of H-pyrrole nitrogens is 2. The number of hydrogen-bond donors (Lipinski definition) is 3. The van der Waals surface area contributed by atoms with Crippen LogP contribution in [0, 0.1) is 5.92 Å². The summed E-state index contributed by atoms with van der Waals surface area (Å²) in [4.78, 5) is 69.2. The number of nitrogens with one attached hydrogen (secondary N) is 2. The molecule has 0 aliphatic carbocycles. The fraction of sp³-hybridized carbons (Fsp3) is 0.358. The van der Waals surface area contributed by atoms with E-state index in [0.717, 1.165) is 70.7 Å². The number of pyridine rings is 4. The van der Waals surface area contributed by atoms with E-state index in [4.69, 9.17) is 23.2 Å². The van der Waals surface area contributed by atoms with Crippen molar-refractivity contribution < 1.29 is 14.7 Å². The van der Waals surface area contributed by atoms with Gasteiger partial charge in [-0.3, -0.25) is 29.1 Å². The van der Waals surface area contributed by atoms with Crippen LogP contribution in [-0.2, 0) is 10.8 Å². The van der Waals surface area contributed by atoms with E-state index in [-0.39, 0.29) is 39.9 Å². The summed E-state index contributed by atoms with van der Waals surface area (Å²) in [6.07, 6.45) is 9.64. The summed E-state index contributed by atoms with van der Waals surface area (Å²) in [5.41, 5.74) is 7.99. The van der Waals surface area contributed by atoms with Gasteiger partial charge in [0.1, 0.15) is 0 Å². The maximum absolute atomic E-state index is 12.9.